The summed E-state index contributed by atoms with van der Waals surface area (Å²) in [6.45, 7) is 0.866. The number of sulfonamides is 1. The van der Waals surface area contributed by atoms with E-state index in [1.54, 1.807) is 11.8 Å². The molecule has 2 N–H and O–H groups in total. The lowest BCUT2D eigenvalue weighted by Gasteiger charge is -2.26. The average molecular weight is 316 g/mol. The molecule has 0 aliphatic carbocycles. The van der Waals surface area contributed by atoms with Crippen molar-refractivity contribution in [3.05, 3.63) is 23.8 Å². The SMILES string of the molecule is COC(=O)c1ccc(N)cc1S(=O)(=O)N1CCSCC1. The number of carbonyl (C=O) groups excluding carboxylic acids is 1. The van der Waals surface area contributed by atoms with Gasteiger partial charge in [-0.25, -0.2) is 13.2 Å². The standard InChI is InChI=1S/C12H16N2O4S2/c1-18-12(15)10-3-2-9(13)8-11(10)20(16,17)14-4-6-19-7-5-14/h2-3,8H,4-7,13H2,1H3. The zero-order valence-electron chi connectivity index (χ0n) is 11.0. The number of nitrogens with two attached hydrogens (primary N) is 1. The molecule has 110 valence electrons. The number of methoxy groups -OCH3 is 1. The van der Waals surface area contributed by atoms with Gasteiger partial charge in [0.15, 0.2) is 0 Å². The van der Waals surface area contributed by atoms with Crippen LogP contribution in [0, 0.1) is 0 Å². The van der Waals surface area contributed by atoms with Crippen LogP contribution in [0.1, 0.15) is 10.4 Å². The Kier molecular flexibility index (Phi) is 4.56. The van der Waals surface area contributed by atoms with Crippen molar-refractivity contribution in [3.8, 4) is 0 Å². The maximum Gasteiger partial charge on any atom is 0.339 e. The molecule has 1 aromatic rings. The fourth-order valence-corrected chi connectivity index (χ4v) is 4.75. The first-order valence-electron chi connectivity index (χ1n) is 6.02. The number of anilines is 1. The molecule has 0 aromatic heterocycles. The van der Waals surface area contributed by atoms with E-state index in [9.17, 15) is 13.2 Å². The normalized spacial score (nSPS) is 16.9. The number of benzene rings is 1. The smallest absolute Gasteiger partial charge is 0.339 e. The number of thioether (sulfide) groups is 1. The second-order valence-corrected chi connectivity index (χ2v) is 7.39. The molecular weight excluding hydrogens is 300 g/mol. The Morgan fingerprint density at radius 1 is 1.35 bits per heavy atom. The minimum absolute atomic E-state index is 0.0138. The van der Waals surface area contributed by atoms with Gasteiger partial charge in [0.2, 0.25) is 10.0 Å². The molecule has 0 radical (unpaired) electrons. The first-order chi connectivity index (χ1) is 9.46. The van der Waals surface area contributed by atoms with Crippen molar-refractivity contribution in [2.75, 3.05) is 37.4 Å². The molecule has 1 aliphatic heterocycles. The van der Waals surface area contributed by atoms with Gasteiger partial charge in [0.1, 0.15) is 0 Å². The number of esters is 1. The number of nitrogen functional groups attached to an aromatic ring is 1. The van der Waals surface area contributed by atoms with Crippen LogP contribution in [0.2, 0.25) is 0 Å². The van der Waals surface area contributed by atoms with E-state index >= 15 is 0 Å². The average Bonchev–Trinajstić information content (AvgIpc) is 2.47. The van der Waals surface area contributed by atoms with Gasteiger partial charge in [-0.2, -0.15) is 16.1 Å². The van der Waals surface area contributed by atoms with E-state index in [1.807, 2.05) is 0 Å². The molecule has 0 bridgehead atoms. The molecule has 2 rings (SSSR count). The summed E-state index contributed by atoms with van der Waals surface area (Å²) < 4.78 is 31.3. The zero-order valence-corrected chi connectivity index (χ0v) is 12.7. The van der Waals surface area contributed by atoms with Crippen LogP contribution in [0.15, 0.2) is 23.1 Å². The molecule has 1 heterocycles. The van der Waals surface area contributed by atoms with Crippen LogP contribution in [-0.2, 0) is 14.8 Å². The molecule has 1 aliphatic rings. The lowest BCUT2D eigenvalue weighted by Crippen LogP contribution is -2.38. The third-order valence-electron chi connectivity index (χ3n) is 3.00. The van der Waals surface area contributed by atoms with Crippen molar-refractivity contribution in [3.63, 3.8) is 0 Å². The maximum atomic E-state index is 12.6. The van der Waals surface area contributed by atoms with Crippen molar-refractivity contribution in [1.29, 1.82) is 0 Å². The second-order valence-electron chi connectivity index (χ2n) is 4.26. The van der Waals surface area contributed by atoms with Crippen molar-refractivity contribution in [2.45, 2.75) is 4.90 Å². The number of hydrogen-bond acceptors (Lipinski definition) is 6. The number of carbonyl (C=O) groups is 1. The van der Waals surface area contributed by atoms with Gasteiger partial charge in [-0.05, 0) is 18.2 Å². The first-order valence-corrected chi connectivity index (χ1v) is 8.62. The van der Waals surface area contributed by atoms with Gasteiger partial charge in [-0.15, -0.1) is 0 Å². The van der Waals surface area contributed by atoms with E-state index < -0.39 is 16.0 Å². The summed E-state index contributed by atoms with van der Waals surface area (Å²) in [7, 11) is -2.52. The molecule has 1 saturated heterocycles. The third kappa shape index (κ3) is 2.92. The molecule has 8 heteroatoms. The van der Waals surface area contributed by atoms with Gasteiger partial charge < -0.3 is 10.5 Å². The Bertz CT molecular complexity index is 610. The Hall–Kier alpha value is -1.25. The van der Waals surface area contributed by atoms with Crippen LogP contribution >= 0.6 is 11.8 Å². The number of nitrogens with zero attached hydrogens (tertiary/aromatic N) is 1. The van der Waals surface area contributed by atoms with Crippen LogP contribution in [0.25, 0.3) is 0 Å². The van der Waals surface area contributed by atoms with Gasteiger partial charge in [-0.3, -0.25) is 0 Å². The lowest BCUT2D eigenvalue weighted by atomic mass is 10.2. The lowest BCUT2D eigenvalue weighted by molar-refractivity contribution is 0.0596. The van der Waals surface area contributed by atoms with Gasteiger partial charge in [0.05, 0.1) is 17.6 Å². The van der Waals surface area contributed by atoms with E-state index in [-0.39, 0.29) is 10.5 Å². The summed E-state index contributed by atoms with van der Waals surface area (Å²) >= 11 is 1.71. The topological polar surface area (TPSA) is 89.7 Å². The largest absolute Gasteiger partial charge is 0.465 e. The second kappa shape index (κ2) is 6.02. The highest BCUT2D eigenvalue weighted by molar-refractivity contribution is 7.99. The minimum atomic E-state index is -3.73. The first kappa shape index (κ1) is 15.1. The van der Waals surface area contributed by atoms with Crippen LogP contribution in [0.4, 0.5) is 5.69 Å². The molecule has 0 spiro atoms. The minimum Gasteiger partial charge on any atom is -0.465 e. The summed E-state index contributed by atoms with van der Waals surface area (Å²) in [5.74, 6) is 0.805. The van der Waals surface area contributed by atoms with Crippen molar-refractivity contribution in [2.24, 2.45) is 0 Å². The van der Waals surface area contributed by atoms with Gasteiger partial charge >= 0.3 is 5.97 Å². The van der Waals surface area contributed by atoms with Crippen LogP contribution < -0.4 is 5.73 Å². The van der Waals surface area contributed by atoms with Crippen LogP contribution in [0.5, 0.6) is 0 Å². The monoisotopic (exact) mass is 316 g/mol. The van der Waals surface area contributed by atoms with E-state index in [0.717, 1.165) is 11.5 Å². The van der Waals surface area contributed by atoms with Crippen molar-refractivity contribution >= 4 is 33.4 Å². The molecule has 0 saturated carbocycles. The van der Waals surface area contributed by atoms with Crippen LogP contribution in [-0.4, -0.2) is 50.4 Å². The highest BCUT2D eigenvalue weighted by Crippen LogP contribution is 2.25. The Labute approximate surface area is 122 Å². The van der Waals surface area contributed by atoms with E-state index in [2.05, 4.69) is 4.74 Å². The molecule has 0 amide bonds. The van der Waals surface area contributed by atoms with Gasteiger partial charge in [0.25, 0.3) is 0 Å². The fourth-order valence-electron chi connectivity index (χ4n) is 1.96. The highest BCUT2D eigenvalue weighted by Gasteiger charge is 2.30. The molecule has 6 nitrogen and oxygen atoms in total. The van der Waals surface area contributed by atoms with Gasteiger partial charge in [0, 0.05) is 30.3 Å². The molecule has 1 aromatic carbocycles. The molecule has 1 fully saturated rings. The predicted molar refractivity (Wildman–Crippen MR) is 78.3 cm³/mol. The van der Waals surface area contributed by atoms with Crippen LogP contribution in [0.3, 0.4) is 0 Å². The number of rotatable bonds is 3. The highest BCUT2D eigenvalue weighted by atomic mass is 32.2. The van der Waals surface area contributed by atoms with Crippen molar-refractivity contribution in [1.82, 2.24) is 4.31 Å². The van der Waals surface area contributed by atoms with E-state index in [4.69, 9.17) is 5.73 Å². The Morgan fingerprint density at radius 2 is 2.00 bits per heavy atom. The Morgan fingerprint density at radius 3 is 2.60 bits per heavy atom. The summed E-state index contributed by atoms with van der Waals surface area (Å²) in [5.41, 5.74) is 5.96. The van der Waals surface area contributed by atoms with E-state index in [0.29, 0.717) is 18.8 Å². The summed E-state index contributed by atoms with van der Waals surface area (Å²) in [6.07, 6.45) is 0. The third-order valence-corrected chi connectivity index (χ3v) is 5.88. The number of hydrogen-bond donors (Lipinski definition) is 1. The quantitative estimate of drug-likeness (QED) is 0.655. The summed E-state index contributed by atoms with van der Waals surface area (Å²) in [5, 5.41) is 0. The summed E-state index contributed by atoms with van der Waals surface area (Å²) in [6, 6.07) is 4.17. The van der Waals surface area contributed by atoms with Crippen molar-refractivity contribution < 1.29 is 17.9 Å². The molecule has 20 heavy (non-hydrogen) atoms. The number of ether oxygens (including phenoxy) is 1. The van der Waals surface area contributed by atoms with E-state index in [1.165, 1.54) is 29.6 Å². The molecular formula is C12H16N2O4S2. The summed E-state index contributed by atoms with van der Waals surface area (Å²) in [4.78, 5) is 11.6. The fraction of sp³-hybridized carbons (Fsp3) is 0.417. The molecule has 0 unspecified atom stereocenters. The molecule has 0 atom stereocenters. The maximum absolute atomic E-state index is 12.6. The zero-order chi connectivity index (χ0) is 14.8. The van der Waals surface area contributed by atoms with Gasteiger partial charge in [-0.1, -0.05) is 0 Å². The Balaban J connectivity index is 2.49. The predicted octanol–water partition coefficient (Wildman–Crippen LogP) is 0.793.